The lowest BCUT2D eigenvalue weighted by atomic mass is 9.40. The van der Waals surface area contributed by atoms with Crippen LogP contribution in [0.3, 0.4) is 0 Å². The predicted molar refractivity (Wildman–Crippen MR) is 155 cm³/mol. The highest BCUT2D eigenvalue weighted by Crippen LogP contribution is 2.75. The molecule has 0 aromatic heterocycles. The molecule has 0 heterocycles. The normalized spacial score (nSPS) is 29.8. The van der Waals surface area contributed by atoms with Crippen molar-refractivity contribution in [1.82, 2.24) is 0 Å². The molecule has 202 valence electrons. The van der Waals surface area contributed by atoms with Gasteiger partial charge in [-0.3, -0.25) is 0 Å². The summed E-state index contributed by atoms with van der Waals surface area (Å²) in [6, 6.07) is 31.5. The number of carbonyl (C=O) groups is 2. The van der Waals surface area contributed by atoms with Crippen LogP contribution < -0.4 is 0 Å². The van der Waals surface area contributed by atoms with Crippen molar-refractivity contribution in [2.24, 2.45) is 16.7 Å². The maximum atomic E-state index is 13.7. The SMILES string of the molecule is CC(C)C12CCC(C)(C(OC(=O)c3ccccc3)C1OC(=O)c1ccccc1)C1c3cccc4cccc(c34)C12. The monoisotopic (exact) mass is 530 g/mol. The minimum atomic E-state index is -0.588. The second-order valence-corrected chi connectivity index (χ2v) is 12.4. The maximum absolute atomic E-state index is 13.7. The molecule has 4 heteroatoms. The van der Waals surface area contributed by atoms with E-state index < -0.39 is 23.0 Å². The third-order valence-corrected chi connectivity index (χ3v) is 10.4. The van der Waals surface area contributed by atoms with Crippen molar-refractivity contribution in [1.29, 1.82) is 0 Å². The Morgan fingerprint density at radius 1 is 0.675 bits per heavy atom. The molecule has 3 saturated carbocycles. The summed E-state index contributed by atoms with van der Waals surface area (Å²) in [5.41, 5.74) is 2.87. The molecule has 0 saturated heterocycles. The topological polar surface area (TPSA) is 52.6 Å². The van der Waals surface area contributed by atoms with Crippen molar-refractivity contribution in [3.63, 3.8) is 0 Å². The lowest BCUT2D eigenvalue weighted by Gasteiger charge is -2.66. The Morgan fingerprint density at radius 3 is 1.75 bits per heavy atom. The van der Waals surface area contributed by atoms with E-state index in [4.69, 9.17) is 9.47 Å². The zero-order chi connectivity index (χ0) is 27.6. The van der Waals surface area contributed by atoms with Crippen molar-refractivity contribution < 1.29 is 19.1 Å². The first-order valence-corrected chi connectivity index (χ1v) is 14.4. The van der Waals surface area contributed by atoms with Crippen LogP contribution in [0.5, 0.6) is 0 Å². The van der Waals surface area contributed by atoms with Crippen LogP contribution in [0.1, 0.15) is 77.3 Å². The van der Waals surface area contributed by atoms with Gasteiger partial charge in [0.05, 0.1) is 11.1 Å². The minimum absolute atomic E-state index is 0.157. The summed E-state index contributed by atoms with van der Waals surface area (Å²) in [7, 11) is 0. The molecule has 6 atom stereocenters. The van der Waals surface area contributed by atoms with Gasteiger partial charge in [-0.1, -0.05) is 93.6 Å². The Bertz CT molecular complexity index is 1600. The summed E-state index contributed by atoms with van der Waals surface area (Å²) >= 11 is 0. The molecule has 4 aromatic rings. The number of carbonyl (C=O) groups excluding carboxylic acids is 2. The highest BCUT2D eigenvalue weighted by Gasteiger charge is 2.73. The molecule has 8 rings (SSSR count). The molecule has 0 amide bonds. The van der Waals surface area contributed by atoms with Gasteiger partial charge in [0.1, 0.15) is 12.2 Å². The van der Waals surface area contributed by atoms with Crippen LogP contribution in [-0.2, 0) is 9.47 Å². The Kier molecular flexibility index (Phi) is 5.68. The first-order chi connectivity index (χ1) is 19.4. The van der Waals surface area contributed by atoms with E-state index in [1.165, 1.54) is 21.9 Å². The fourth-order valence-corrected chi connectivity index (χ4v) is 8.54. The van der Waals surface area contributed by atoms with Crippen LogP contribution in [0.2, 0.25) is 0 Å². The molecule has 0 N–H and O–H groups in total. The summed E-state index contributed by atoms with van der Waals surface area (Å²) in [6.07, 6.45) is 0.620. The van der Waals surface area contributed by atoms with Crippen LogP contribution in [-0.4, -0.2) is 24.1 Å². The third-order valence-electron chi connectivity index (χ3n) is 10.4. The number of benzene rings is 4. The lowest BCUT2D eigenvalue weighted by molar-refractivity contribution is -0.229. The van der Waals surface area contributed by atoms with Crippen molar-refractivity contribution in [2.75, 3.05) is 0 Å². The van der Waals surface area contributed by atoms with Gasteiger partial charge in [0.2, 0.25) is 0 Å². The van der Waals surface area contributed by atoms with E-state index in [0.717, 1.165) is 12.8 Å². The van der Waals surface area contributed by atoms with E-state index >= 15 is 0 Å². The average Bonchev–Trinajstić information content (AvgIpc) is 3.34. The van der Waals surface area contributed by atoms with Crippen molar-refractivity contribution in [3.05, 3.63) is 119 Å². The van der Waals surface area contributed by atoms with E-state index in [-0.39, 0.29) is 29.7 Å². The zero-order valence-electron chi connectivity index (χ0n) is 23.2. The standard InChI is InChI=1S/C36H34O4/c1-22(2)36-21-20-35(3,29-26-18-10-16-23-17-11-19-27(28(23)26)30(29)36)31(39-33(37)24-12-6-4-7-13-24)32(36)40-34(38)25-14-8-5-9-15-25/h4-19,22,29-32H,20-21H2,1-3H3. The molecule has 0 spiro atoms. The first kappa shape index (κ1) is 25.1. The molecule has 0 aliphatic heterocycles. The molecule has 4 aromatic carbocycles. The van der Waals surface area contributed by atoms with Gasteiger partial charge in [-0.2, -0.15) is 0 Å². The van der Waals surface area contributed by atoms with Crippen molar-refractivity contribution in [2.45, 2.75) is 57.7 Å². The fraction of sp³-hybridized carbons (Fsp3) is 0.333. The highest BCUT2D eigenvalue weighted by molar-refractivity contribution is 5.94. The summed E-state index contributed by atoms with van der Waals surface area (Å²) in [6.45, 7) is 6.74. The van der Waals surface area contributed by atoms with Crippen LogP contribution in [0.4, 0.5) is 0 Å². The molecule has 2 bridgehead atoms. The second kappa shape index (κ2) is 9.05. The minimum Gasteiger partial charge on any atom is -0.454 e. The Balaban J connectivity index is 1.42. The Hall–Kier alpha value is -3.92. The Labute approximate surface area is 235 Å². The number of esters is 2. The number of hydrogen-bond donors (Lipinski definition) is 0. The number of rotatable bonds is 5. The average molecular weight is 531 g/mol. The van der Waals surface area contributed by atoms with Crippen LogP contribution >= 0.6 is 0 Å². The van der Waals surface area contributed by atoms with Crippen LogP contribution in [0, 0.1) is 16.7 Å². The van der Waals surface area contributed by atoms with Gasteiger partial charge >= 0.3 is 11.9 Å². The molecule has 0 radical (unpaired) electrons. The smallest absolute Gasteiger partial charge is 0.338 e. The van der Waals surface area contributed by atoms with Gasteiger partial charge in [0, 0.05) is 22.7 Å². The number of hydrogen-bond acceptors (Lipinski definition) is 4. The molecule has 4 aliphatic carbocycles. The van der Waals surface area contributed by atoms with Gasteiger partial charge in [0.15, 0.2) is 0 Å². The molecular formula is C36H34O4. The molecule has 4 nitrogen and oxygen atoms in total. The number of ether oxygens (including phenoxy) is 2. The van der Waals surface area contributed by atoms with Crippen molar-refractivity contribution in [3.8, 4) is 0 Å². The van der Waals surface area contributed by atoms with E-state index in [9.17, 15) is 9.59 Å². The van der Waals surface area contributed by atoms with Crippen LogP contribution in [0.15, 0.2) is 97.1 Å². The molecule has 4 aliphatic rings. The van der Waals surface area contributed by atoms with Gasteiger partial charge in [-0.15, -0.1) is 0 Å². The summed E-state index contributed by atoms with van der Waals surface area (Å²) < 4.78 is 13.1. The zero-order valence-corrected chi connectivity index (χ0v) is 23.2. The summed E-state index contributed by atoms with van der Waals surface area (Å²) in [5.74, 6) is -0.240. The molecular weight excluding hydrogens is 496 g/mol. The first-order valence-electron chi connectivity index (χ1n) is 14.4. The predicted octanol–water partition coefficient (Wildman–Crippen LogP) is 7.93. The summed E-state index contributed by atoms with van der Waals surface area (Å²) in [5, 5.41) is 2.56. The molecule has 3 fully saturated rings. The Morgan fingerprint density at radius 2 is 1.20 bits per heavy atom. The largest absolute Gasteiger partial charge is 0.454 e. The van der Waals surface area contributed by atoms with E-state index in [1.807, 2.05) is 36.4 Å². The van der Waals surface area contributed by atoms with Gasteiger partial charge in [-0.05, 0) is 64.9 Å². The second-order valence-electron chi connectivity index (χ2n) is 12.4. The molecule has 40 heavy (non-hydrogen) atoms. The van der Waals surface area contributed by atoms with Gasteiger partial charge < -0.3 is 9.47 Å². The van der Waals surface area contributed by atoms with Gasteiger partial charge in [-0.25, -0.2) is 9.59 Å². The third kappa shape index (κ3) is 3.38. The van der Waals surface area contributed by atoms with Crippen molar-refractivity contribution >= 4 is 22.7 Å². The van der Waals surface area contributed by atoms with Gasteiger partial charge in [0.25, 0.3) is 0 Å². The van der Waals surface area contributed by atoms with Crippen LogP contribution in [0.25, 0.3) is 10.8 Å². The quantitative estimate of drug-likeness (QED) is 0.246. The lowest BCUT2D eigenvalue weighted by Crippen LogP contribution is -2.69. The summed E-state index contributed by atoms with van der Waals surface area (Å²) in [4.78, 5) is 27.3. The van der Waals surface area contributed by atoms with E-state index in [0.29, 0.717) is 11.1 Å². The molecule has 6 unspecified atom stereocenters. The van der Waals surface area contributed by atoms with E-state index in [2.05, 4.69) is 57.2 Å². The van der Waals surface area contributed by atoms with E-state index in [1.54, 1.807) is 24.3 Å². The maximum Gasteiger partial charge on any atom is 0.338 e. The number of fused-ring (bicyclic) bond motifs is 2. The fourth-order valence-electron chi connectivity index (χ4n) is 8.54. The highest BCUT2D eigenvalue weighted by atomic mass is 16.6.